The maximum absolute atomic E-state index is 11.7. The number of aliphatic hydroxyl groups is 1. The minimum atomic E-state index is -0.973. The van der Waals surface area contributed by atoms with Gasteiger partial charge in [-0.15, -0.1) is 0 Å². The number of nitrogens with zero attached hydrogens (tertiary/aromatic N) is 2. The fourth-order valence-corrected chi connectivity index (χ4v) is 3.92. The summed E-state index contributed by atoms with van der Waals surface area (Å²) in [7, 11) is 2.36. The Labute approximate surface area is 268 Å². The predicted octanol–water partition coefficient (Wildman–Crippen LogP) is 8.69. The van der Waals surface area contributed by atoms with E-state index in [0.717, 1.165) is 20.0 Å². The Kier molecular flexibility index (Phi) is 17.1. The Hall–Kier alpha value is -4.18. The number of aromatic nitrogens is 2. The number of methoxy groups -OCH3 is 1. The molecule has 0 unspecified atom stereocenters. The molecule has 2 aromatic heterocycles. The molecular weight excluding hydrogens is 607 g/mol. The summed E-state index contributed by atoms with van der Waals surface area (Å²) in [6.07, 6.45) is 2.97. The number of rotatable bonds is 10. The Balaban J connectivity index is 0.000000408. The van der Waals surface area contributed by atoms with E-state index in [-0.39, 0.29) is 19.0 Å². The van der Waals surface area contributed by atoms with Gasteiger partial charge in [-0.2, -0.15) is 0 Å². The third-order valence-corrected chi connectivity index (χ3v) is 6.08. The Morgan fingerprint density at radius 2 is 1.07 bits per heavy atom. The van der Waals surface area contributed by atoms with E-state index in [0.29, 0.717) is 63.1 Å². The van der Waals surface area contributed by atoms with Gasteiger partial charge in [-0.1, -0.05) is 57.3 Å². The van der Waals surface area contributed by atoms with E-state index in [1.807, 2.05) is 13.8 Å². The number of carboxylic acid groups (broad SMARTS) is 1. The molecule has 0 saturated heterocycles. The van der Waals surface area contributed by atoms with Crippen molar-refractivity contribution in [3.8, 4) is 23.3 Å². The molecule has 9 nitrogen and oxygen atoms in total. The number of benzene rings is 2. The number of pyridine rings is 2. The number of halogens is 2. The molecule has 0 aliphatic rings. The first-order chi connectivity index (χ1) is 20.7. The molecule has 4 rings (SSSR count). The molecule has 2 heterocycles. The highest BCUT2D eigenvalue weighted by atomic mass is 35.5. The number of hydrogen-bond acceptors (Lipinski definition) is 8. The van der Waals surface area contributed by atoms with Crippen molar-refractivity contribution in [2.45, 2.75) is 47.0 Å². The Morgan fingerprint density at radius 3 is 1.43 bits per heavy atom. The van der Waals surface area contributed by atoms with Crippen molar-refractivity contribution in [1.82, 2.24) is 9.97 Å². The monoisotopic (exact) mass is 644 g/mol. The first-order valence-electron chi connectivity index (χ1n) is 13.4. The predicted molar refractivity (Wildman–Crippen MR) is 173 cm³/mol. The quantitative estimate of drug-likeness (QED) is 0.163. The average molecular weight is 646 g/mol. The lowest BCUT2D eigenvalue weighted by Gasteiger charge is -2.10. The molecular formula is C33H38Cl2N2O7. The topological polar surface area (TPSA) is 128 Å². The van der Waals surface area contributed by atoms with Crippen molar-refractivity contribution in [3.63, 3.8) is 0 Å². The van der Waals surface area contributed by atoms with Gasteiger partial charge in [-0.25, -0.2) is 19.6 Å². The molecule has 2 aromatic carbocycles. The normalized spacial score (nSPS) is 9.70. The second-order valence-corrected chi connectivity index (χ2v) is 9.57. The van der Waals surface area contributed by atoms with Crippen LogP contribution in [0.15, 0.2) is 72.8 Å². The van der Waals surface area contributed by atoms with Crippen molar-refractivity contribution in [1.29, 1.82) is 0 Å². The number of aryl methyl sites for hydroxylation is 2. The molecule has 236 valence electrons. The zero-order valence-corrected chi connectivity index (χ0v) is 25.9. The van der Waals surface area contributed by atoms with Gasteiger partial charge >= 0.3 is 11.9 Å². The number of carboxylic acids is 1. The van der Waals surface area contributed by atoms with Crippen molar-refractivity contribution in [2.24, 2.45) is 0 Å². The molecule has 0 saturated carbocycles. The van der Waals surface area contributed by atoms with E-state index in [9.17, 15) is 9.59 Å². The molecule has 0 bridgehead atoms. The van der Waals surface area contributed by atoms with Crippen LogP contribution in [-0.2, 0) is 17.6 Å². The van der Waals surface area contributed by atoms with Crippen LogP contribution in [0.2, 0.25) is 10.0 Å². The summed E-state index contributed by atoms with van der Waals surface area (Å²) < 4.78 is 16.0. The molecule has 0 spiro atoms. The first-order valence-corrected chi connectivity index (χ1v) is 14.1. The molecule has 0 aliphatic heterocycles. The van der Waals surface area contributed by atoms with Crippen molar-refractivity contribution >= 4 is 35.1 Å². The van der Waals surface area contributed by atoms with Crippen LogP contribution < -0.4 is 9.47 Å². The van der Waals surface area contributed by atoms with Crippen LogP contribution in [0.3, 0.4) is 0 Å². The van der Waals surface area contributed by atoms with E-state index in [1.54, 1.807) is 66.7 Å². The zero-order valence-electron chi connectivity index (χ0n) is 24.3. The number of aromatic carboxylic acids is 1. The van der Waals surface area contributed by atoms with E-state index < -0.39 is 5.97 Å². The van der Waals surface area contributed by atoms with Crippen LogP contribution in [0.5, 0.6) is 23.3 Å². The van der Waals surface area contributed by atoms with Crippen LogP contribution in [0.4, 0.5) is 0 Å². The number of carbonyl (C=O) groups is 2. The smallest absolute Gasteiger partial charge is 0.339 e. The van der Waals surface area contributed by atoms with Gasteiger partial charge in [-0.3, -0.25) is 0 Å². The lowest BCUT2D eigenvalue weighted by atomic mass is 10.1. The van der Waals surface area contributed by atoms with Gasteiger partial charge in [0.15, 0.2) is 0 Å². The van der Waals surface area contributed by atoms with Crippen LogP contribution in [0.1, 0.15) is 66.2 Å². The molecule has 0 atom stereocenters. The second kappa shape index (κ2) is 19.9. The summed E-state index contributed by atoms with van der Waals surface area (Å²) in [5, 5.41) is 17.4. The van der Waals surface area contributed by atoms with Gasteiger partial charge in [0, 0.05) is 29.3 Å². The lowest BCUT2D eigenvalue weighted by molar-refractivity contribution is 0.0597. The second-order valence-electron chi connectivity index (χ2n) is 8.70. The fourth-order valence-electron chi connectivity index (χ4n) is 3.67. The van der Waals surface area contributed by atoms with Crippen molar-refractivity contribution in [2.75, 3.05) is 14.2 Å². The van der Waals surface area contributed by atoms with Crippen molar-refractivity contribution in [3.05, 3.63) is 105 Å². The van der Waals surface area contributed by atoms with Gasteiger partial charge in [0.2, 0.25) is 11.8 Å². The first kappa shape index (κ1) is 37.8. The Bertz CT molecular complexity index is 1460. The summed E-state index contributed by atoms with van der Waals surface area (Å²) in [4.78, 5) is 31.5. The maximum atomic E-state index is 11.7. The number of esters is 1. The summed E-state index contributed by atoms with van der Waals surface area (Å²) in [5.41, 5.74) is 1.90. The minimum Gasteiger partial charge on any atom is -0.478 e. The fraction of sp³-hybridized carbons (Fsp3) is 0.273. The number of carbonyl (C=O) groups excluding carboxylic acids is 1. The zero-order chi connectivity index (χ0) is 31.8. The van der Waals surface area contributed by atoms with E-state index >= 15 is 0 Å². The van der Waals surface area contributed by atoms with Gasteiger partial charge in [0.05, 0.1) is 29.6 Å². The highest BCUT2D eigenvalue weighted by Gasteiger charge is 2.15. The molecule has 0 aliphatic carbocycles. The van der Waals surface area contributed by atoms with Crippen LogP contribution in [0, 0.1) is 0 Å². The maximum Gasteiger partial charge on any atom is 0.339 e. The standard InChI is InChI=1S/C16H16ClNO3.C15H14ClNO3.CH4O.CH4/c1-3-4-14-13(16(19)20-2)9-10-15(18-14)21-12-7-5-11(17)6-8-12;1-2-3-13-12(15(18)19)8-9-14(17-13)20-11-6-4-10(16)5-7-11;1-2;/h5-10H,3-4H2,1-2H3;4-9H,2-3H2,1H3,(H,18,19);2H,1H3;1H4. The molecule has 11 heteroatoms. The molecule has 0 amide bonds. The van der Waals surface area contributed by atoms with E-state index in [4.69, 9.17) is 47.6 Å². The summed E-state index contributed by atoms with van der Waals surface area (Å²) in [6, 6.07) is 20.3. The lowest BCUT2D eigenvalue weighted by Crippen LogP contribution is -2.08. The molecule has 0 fully saturated rings. The minimum absolute atomic E-state index is 0. The SMILES string of the molecule is C.CCCc1nc(Oc2ccc(Cl)cc2)ccc1C(=O)O.CCCc1nc(Oc2ccc(Cl)cc2)ccc1C(=O)OC.CO. The largest absolute Gasteiger partial charge is 0.478 e. The highest BCUT2D eigenvalue weighted by Crippen LogP contribution is 2.25. The summed E-state index contributed by atoms with van der Waals surface area (Å²) in [5.74, 6) is 0.699. The van der Waals surface area contributed by atoms with Crippen LogP contribution in [-0.4, -0.2) is 46.3 Å². The molecule has 0 radical (unpaired) electrons. The number of hydrogen-bond donors (Lipinski definition) is 2. The van der Waals surface area contributed by atoms with Crippen molar-refractivity contribution < 1.29 is 34.0 Å². The van der Waals surface area contributed by atoms with Gasteiger partial charge in [0.25, 0.3) is 0 Å². The molecule has 44 heavy (non-hydrogen) atoms. The summed E-state index contributed by atoms with van der Waals surface area (Å²) in [6.45, 7) is 4.00. The van der Waals surface area contributed by atoms with E-state index in [2.05, 4.69) is 9.97 Å². The average Bonchev–Trinajstić information content (AvgIpc) is 3.01. The van der Waals surface area contributed by atoms with Crippen LogP contribution >= 0.6 is 23.2 Å². The summed E-state index contributed by atoms with van der Waals surface area (Å²) >= 11 is 11.6. The number of aliphatic hydroxyl groups excluding tert-OH is 1. The third-order valence-electron chi connectivity index (χ3n) is 5.58. The third kappa shape index (κ3) is 11.8. The highest BCUT2D eigenvalue weighted by molar-refractivity contribution is 6.30. The van der Waals surface area contributed by atoms with Gasteiger partial charge in [-0.05, 0) is 73.5 Å². The number of ether oxygens (including phenoxy) is 3. The molecule has 2 N–H and O–H groups in total. The van der Waals surface area contributed by atoms with Crippen LogP contribution in [0.25, 0.3) is 0 Å². The van der Waals surface area contributed by atoms with Gasteiger partial charge in [0.1, 0.15) is 11.5 Å². The molecule has 4 aromatic rings. The van der Waals surface area contributed by atoms with E-state index in [1.165, 1.54) is 13.2 Å². The Morgan fingerprint density at radius 1 is 0.682 bits per heavy atom. The van der Waals surface area contributed by atoms with Gasteiger partial charge < -0.3 is 24.4 Å².